The third-order valence-electron chi connectivity index (χ3n) is 3.53. The van der Waals surface area contributed by atoms with E-state index >= 15 is 0 Å². The second-order valence-corrected chi connectivity index (χ2v) is 5.20. The first-order valence-electron chi connectivity index (χ1n) is 6.84. The minimum atomic E-state index is -1.01. The lowest BCUT2D eigenvalue weighted by molar-refractivity contribution is -0.131. The normalized spacial score (nSPS) is 18.4. The van der Waals surface area contributed by atoms with Gasteiger partial charge in [0.15, 0.2) is 0 Å². The Morgan fingerprint density at radius 1 is 1.38 bits per heavy atom. The largest absolute Gasteiger partial charge is 0.478 e. The maximum Gasteiger partial charge on any atom is 0.328 e. The molecule has 0 aromatic heterocycles. The molecule has 1 aliphatic heterocycles. The Kier molecular flexibility index (Phi) is 4.75. The van der Waals surface area contributed by atoms with Crippen molar-refractivity contribution < 1.29 is 19.4 Å². The molecule has 1 aromatic rings. The lowest BCUT2D eigenvalue weighted by Gasteiger charge is -2.17. The van der Waals surface area contributed by atoms with Crippen molar-refractivity contribution in [3.05, 3.63) is 41.0 Å². The van der Waals surface area contributed by atoms with Crippen LogP contribution in [0.25, 0.3) is 6.08 Å². The molecule has 1 N–H and O–H groups in total. The van der Waals surface area contributed by atoms with Crippen molar-refractivity contribution in [2.75, 3.05) is 20.2 Å². The van der Waals surface area contributed by atoms with Crippen molar-refractivity contribution in [2.24, 2.45) is 0 Å². The monoisotopic (exact) mass is 289 g/mol. The molecule has 1 amide bonds. The fourth-order valence-corrected chi connectivity index (χ4v) is 2.49. The van der Waals surface area contributed by atoms with Gasteiger partial charge in [0.05, 0.1) is 6.10 Å². The minimum Gasteiger partial charge on any atom is -0.478 e. The van der Waals surface area contributed by atoms with Crippen LogP contribution < -0.4 is 0 Å². The van der Waals surface area contributed by atoms with Crippen molar-refractivity contribution >= 4 is 18.0 Å². The Bertz CT molecular complexity index is 580. The van der Waals surface area contributed by atoms with Crippen LogP contribution in [-0.4, -0.2) is 48.2 Å². The highest BCUT2D eigenvalue weighted by atomic mass is 16.5. The van der Waals surface area contributed by atoms with Crippen LogP contribution in [0.15, 0.2) is 24.3 Å². The predicted molar refractivity (Wildman–Crippen MR) is 79.2 cm³/mol. The van der Waals surface area contributed by atoms with E-state index in [0.29, 0.717) is 24.2 Å². The fourth-order valence-electron chi connectivity index (χ4n) is 2.49. The molecule has 0 spiro atoms. The highest BCUT2D eigenvalue weighted by Gasteiger charge is 2.26. The Labute approximate surface area is 123 Å². The zero-order chi connectivity index (χ0) is 15.4. The summed E-state index contributed by atoms with van der Waals surface area (Å²) in [6.45, 7) is 3.17. The molecule has 1 saturated heterocycles. The average molecular weight is 289 g/mol. The Morgan fingerprint density at radius 2 is 2.14 bits per heavy atom. The van der Waals surface area contributed by atoms with Gasteiger partial charge in [0.25, 0.3) is 5.91 Å². The first-order valence-corrected chi connectivity index (χ1v) is 6.84. The molecule has 1 unspecified atom stereocenters. The molecule has 0 aliphatic carbocycles. The SMILES string of the molecule is COC1CCN(C(=O)c2cc(C)cc(/C=C/C(=O)O)c2)C1. The second-order valence-electron chi connectivity index (χ2n) is 5.20. The molecule has 5 heteroatoms. The molecular weight excluding hydrogens is 270 g/mol. The van der Waals surface area contributed by atoms with Crippen LogP contribution in [0.1, 0.15) is 27.9 Å². The van der Waals surface area contributed by atoms with E-state index in [1.165, 1.54) is 6.08 Å². The van der Waals surface area contributed by atoms with Gasteiger partial charge in [0.2, 0.25) is 0 Å². The summed E-state index contributed by atoms with van der Waals surface area (Å²) in [6.07, 6.45) is 3.51. The van der Waals surface area contributed by atoms with Gasteiger partial charge in [-0.25, -0.2) is 4.79 Å². The average Bonchev–Trinajstić information content (AvgIpc) is 2.92. The number of aryl methyl sites for hydroxylation is 1. The van der Waals surface area contributed by atoms with Crippen LogP contribution in [0.3, 0.4) is 0 Å². The first kappa shape index (κ1) is 15.3. The van der Waals surface area contributed by atoms with Gasteiger partial charge in [-0.2, -0.15) is 0 Å². The summed E-state index contributed by atoms with van der Waals surface area (Å²) in [7, 11) is 1.65. The van der Waals surface area contributed by atoms with E-state index < -0.39 is 5.97 Å². The number of methoxy groups -OCH3 is 1. The summed E-state index contributed by atoms with van der Waals surface area (Å²) in [5.74, 6) is -1.05. The maximum absolute atomic E-state index is 12.5. The molecule has 112 valence electrons. The van der Waals surface area contributed by atoms with Crippen LogP contribution in [0, 0.1) is 6.92 Å². The molecule has 21 heavy (non-hydrogen) atoms. The van der Waals surface area contributed by atoms with Crippen LogP contribution in [0.4, 0.5) is 0 Å². The number of hydrogen-bond acceptors (Lipinski definition) is 3. The van der Waals surface area contributed by atoms with Gasteiger partial charge in [-0.1, -0.05) is 6.07 Å². The third kappa shape index (κ3) is 3.92. The summed E-state index contributed by atoms with van der Waals surface area (Å²) < 4.78 is 5.27. The summed E-state index contributed by atoms with van der Waals surface area (Å²) in [4.78, 5) is 24.8. The van der Waals surface area contributed by atoms with E-state index in [1.54, 1.807) is 18.1 Å². The van der Waals surface area contributed by atoms with Crippen molar-refractivity contribution in [3.63, 3.8) is 0 Å². The number of rotatable bonds is 4. The molecule has 1 heterocycles. The number of carbonyl (C=O) groups excluding carboxylic acids is 1. The lowest BCUT2D eigenvalue weighted by Crippen LogP contribution is -2.30. The van der Waals surface area contributed by atoms with Crippen LogP contribution in [0.5, 0.6) is 0 Å². The number of aliphatic carboxylic acids is 1. The minimum absolute atomic E-state index is 0.0387. The topological polar surface area (TPSA) is 66.8 Å². The van der Waals surface area contributed by atoms with E-state index in [1.807, 2.05) is 19.1 Å². The van der Waals surface area contributed by atoms with E-state index in [0.717, 1.165) is 18.1 Å². The van der Waals surface area contributed by atoms with E-state index in [4.69, 9.17) is 9.84 Å². The number of hydrogen-bond donors (Lipinski definition) is 1. The van der Waals surface area contributed by atoms with Crippen LogP contribution >= 0.6 is 0 Å². The molecule has 0 saturated carbocycles. The molecular formula is C16H19NO4. The van der Waals surface area contributed by atoms with Gasteiger partial charge < -0.3 is 14.7 Å². The maximum atomic E-state index is 12.5. The molecule has 0 radical (unpaired) electrons. The first-order chi connectivity index (χ1) is 9.99. The number of carbonyl (C=O) groups is 2. The van der Waals surface area contributed by atoms with E-state index in [2.05, 4.69) is 0 Å². The van der Waals surface area contributed by atoms with Crippen molar-refractivity contribution in [3.8, 4) is 0 Å². The smallest absolute Gasteiger partial charge is 0.328 e. The van der Waals surface area contributed by atoms with E-state index in [9.17, 15) is 9.59 Å². The number of carboxylic acid groups (broad SMARTS) is 1. The highest BCUT2D eigenvalue weighted by Crippen LogP contribution is 2.18. The number of ether oxygens (including phenoxy) is 1. The van der Waals surface area contributed by atoms with Gasteiger partial charge in [0, 0.05) is 31.8 Å². The van der Waals surface area contributed by atoms with Gasteiger partial charge >= 0.3 is 5.97 Å². The second kappa shape index (κ2) is 6.54. The molecule has 1 aromatic carbocycles. The number of benzene rings is 1. The number of nitrogens with zero attached hydrogens (tertiary/aromatic N) is 1. The molecule has 1 aliphatic rings. The van der Waals surface area contributed by atoms with Gasteiger partial charge in [-0.05, 0) is 42.7 Å². The summed E-state index contributed by atoms with van der Waals surface area (Å²) in [6, 6.07) is 5.38. The zero-order valence-electron chi connectivity index (χ0n) is 12.2. The number of carboxylic acids is 1. The predicted octanol–water partition coefficient (Wildman–Crippen LogP) is 1.95. The van der Waals surface area contributed by atoms with Crippen LogP contribution in [-0.2, 0) is 9.53 Å². The molecule has 0 bridgehead atoms. The summed E-state index contributed by atoms with van der Waals surface area (Å²) in [5, 5.41) is 8.68. The van der Waals surface area contributed by atoms with E-state index in [-0.39, 0.29) is 12.0 Å². The Hall–Kier alpha value is -2.14. The molecule has 1 fully saturated rings. The standard InChI is InChI=1S/C16H19NO4/c1-11-7-12(3-4-15(18)19)9-13(8-11)16(20)17-6-5-14(10-17)21-2/h3-4,7-9,14H,5-6,10H2,1-2H3,(H,18,19)/b4-3+. The lowest BCUT2D eigenvalue weighted by atomic mass is 10.1. The Balaban J connectivity index is 2.19. The molecule has 2 rings (SSSR count). The van der Waals surface area contributed by atoms with Gasteiger partial charge in [0.1, 0.15) is 0 Å². The zero-order valence-corrected chi connectivity index (χ0v) is 12.2. The molecule has 5 nitrogen and oxygen atoms in total. The number of amides is 1. The summed E-state index contributed by atoms with van der Waals surface area (Å²) >= 11 is 0. The number of likely N-dealkylation sites (tertiary alicyclic amines) is 1. The van der Waals surface area contributed by atoms with Crippen molar-refractivity contribution in [1.82, 2.24) is 4.90 Å². The highest BCUT2D eigenvalue weighted by molar-refractivity contribution is 5.95. The fraction of sp³-hybridized carbons (Fsp3) is 0.375. The van der Waals surface area contributed by atoms with Gasteiger partial charge in [-0.3, -0.25) is 4.79 Å². The van der Waals surface area contributed by atoms with Gasteiger partial charge in [-0.15, -0.1) is 0 Å². The Morgan fingerprint density at radius 3 is 2.76 bits per heavy atom. The van der Waals surface area contributed by atoms with Crippen LogP contribution in [0.2, 0.25) is 0 Å². The van der Waals surface area contributed by atoms with Crippen molar-refractivity contribution in [1.29, 1.82) is 0 Å². The summed E-state index contributed by atoms with van der Waals surface area (Å²) in [5.41, 5.74) is 2.22. The third-order valence-corrected chi connectivity index (χ3v) is 3.53. The quantitative estimate of drug-likeness (QED) is 0.860. The molecule has 1 atom stereocenters. The van der Waals surface area contributed by atoms with Crippen molar-refractivity contribution in [2.45, 2.75) is 19.4 Å².